The molecule has 0 spiro atoms. The normalized spacial score (nSPS) is 12.9. The lowest BCUT2D eigenvalue weighted by molar-refractivity contribution is 0.0845. The maximum absolute atomic E-state index is 12.3. The van der Waals surface area contributed by atoms with E-state index in [0.717, 1.165) is 19.3 Å². The van der Waals surface area contributed by atoms with Gasteiger partial charge in [-0.3, -0.25) is 20.4 Å². The average Bonchev–Trinajstić information content (AvgIpc) is 2.65. The number of methoxy groups -OCH3 is 1. The molecule has 0 aromatic heterocycles. The van der Waals surface area contributed by atoms with Crippen LogP contribution in [0.1, 0.15) is 44.7 Å². The summed E-state index contributed by atoms with van der Waals surface area (Å²) in [6, 6.07) is 10.4. The standard InChI is InChI=1S/C19H19ClN2O3/c1-25-17-11-15(20)8-9-16(17)19(24)22-21-18(23)14-7-6-12-4-2-3-5-13(12)10-14/h6-11H,2-5H2,1H3,(H,21,23)(H,22,24). The molecule has 5 nitrogen and oxygen atoms in total. The Morgan fingerprint density at radius 3 is 2.44 bits per heavy atom. The lowest BCUT2D eigenvalue weighted by atomic mass is 9.90. The number of ether oxygens (including phenoxy) is 1. The average molecular weight is 359 g/mol. The highest BCUT2D eigenvalue weighted by atomic mass is 35.5. The maximum atomic E-state index is 12.3. The molecule has 0 unspecified atom stereocenters. The molecule has 2 amide bonds. The first-order valence-electron chi connectivity index (χ1n) is 8.14. The first-order chi connectivity index (χ1) is 12.1. The third-order valence-corrected chi connectivity index (χ3v) is 4.54. The van der Waals surface area contributed by atoms with Crippen molar-refractivity contribution in [2.45, 2.75) is 25.7 Å². The van der Waals surface area contributed by atoms with E-state index in [4.69, 9.17) is 16.3 Å². The number of aryl methyl sites for hydroxylation is 2. The Morgan fingerprint density at radius 1 is 0.960 bits per heavy atom. The number of hydrazine groups is 1. The van der Waals surface area contributed by atoms with E-state index in [9.17, 15) is 9.59 Å². The summed E-state index contributed by atoms with van der Waals surface area (Å²) in [7, 11) is 1.45. The number of amides is 2. The minimum absolute atomic E-state index is 0.289. The molecule has 3 rings (SSSR count). The Hall–Kier alpha value is -2.53. The summed E-state index contributed by atoms with van der Waals surface area (Å²) < 4.78 is 5.14. The molecular weight excluding hydrogens is 340 g/mol. The molecule has 2 N–H and O–H groups in total. The highest BCUT2D eigenvalue weighted by Gasteiger charge is 2.16. The Bertz CT molecular complexity index is 820. The Labute approximate surface area is 151 Å². The van der Waals surface area contributed by atoms with Crippen LogP contribution < -0.4 is 15.6 Å². The molecule has 0 saturated carbocycles. The molecule has 0 saturated heterocycles. The van der Waals surface area contributed by atoms with E-state index in [0.29, 0.717) is 16.3 Å². The molecule has 2 aromatic carbocycles. The molecule has 2 aromatic rings. The van der Waals surface area contributed by atoms with Gasteiger partial charge in [-0.2, -0.15) is 0 Å². The molecule has 0 fully saturated rings. The van der Waals surface area contributed by atoms with Gasteiger partial charge in [0.1, 0.15) is 5.75 Å². The SMILES string of the molecule is COc1cc(Cl)ccc1C(=O)NNC(=O)c1ccc2c(c1)CCCC2. The fourth-order valence-corrected chi connectivity index (χ4v) is 3.14. The molecule has 25 heavy (non-hydrogen) atoms. The lowest BCUT2D eigenvalue weighted by Gasteiger charge is -2.16. The number of rotatable bonds is 3. The van der Waals surface area contributed by atoms with Crippen LogP contribution in [0.3, 0.4) is 0 Å². The van der Waals surface area contributed by atoms with Gasteiger partial charge in [0.25, 0.3) is 11.8 Å². The second kappa shape index (κ2) is 7.57. The van der Waals surface area contributed by atoms with Crippen LogP contribution in [-0.4, -0.2) is 18.9 Å². The van der Waals surface area contributed by atoms with Crippen molar-refractivity contribution >= 4 is 23.4 Å². The monoisotopic (exact) mass is 358 g/mol. The van der Waals surface area contributed by atoms with Crippen LogP contribution in [0, 0.1) is 0 Å². The van der Waals surface area contributed by atoms with Gasteiger partial charge in [-0.1, -0.05) is 17.7 Å². The zero-order valence-corrected chi connectivity index (χ0v) is 14.7. The predicted molar refractivity (Wildman–Crippen MR) is 96.0 cm³/mol. The molecule has 0 bridgehead atoms. The van der Waals surface area contributed by atoms with Crippen LogP contribution >= 0.6 is 11.6 Å². The highest BCUT2D eigenvalue weighted by Crippen LogP contribution is 2.23. The van der Waals surface area contributed by atoms with Crippen molar-refractivity contribution in [2.75, 3.05) is 7.11 Å². The quantitative estimate of drug-likeness (QED) is 0.827. The van der Waals surface area contributed by atoms with Gasteiger partial charge in [0.2, 0.25) is 0 Å². The number of nitrogens with one attached hydrogen (secondary N) is 2. The van der Waals surface area contributed by atoms with E-state index >= 15 is 0 Å². The van der Waals surface area contributed by atoms with Crippen LogP contribution in [0.4, 0.5) is 0 Å². The molecule has 6 heteroatoms. The van der Waals surface area contributed by atoms with Crippen molar-refractivity contribution in [2.24, 2.45) is 0 Å². The summed E-state index contributed by atoms with van der Waals surface area (Å²) >= 11 is 5.88. The maximum Gasteiger partial charge on any atom is 0.273 e. The Morgan fingerprint density at radius 2 is 1.68 bits per heavy atom. The van der Waals surface area contributed by atoms with E-state index in [2.05, 4.69) is 10.9 Å². The first-order valence-corrected chi connectivity index (χ1v) is 8.52. The van der Waals surface area contributed by atoms with Crippen molar-refractivity contribution in [3.63, 3.8) is 0 Å². The van der Waals surface area contributed by atoms with Crippen LogP contribution in [-0.2, 0) is 12.8 Å². The summed E-state index contributed by atoms with van der Waals surface area (Å²) in [4.78, 5) is 24.6. The molecule has 0 aliphatic heterocycles. The van der Waals surface area contributed by atoms with Crippen molar-refractivity contribution < 1.29 is 14.3 Å². The summed E-state index contributed by atoms with van der Waals surface area (Å²) in [5.41, 5.74) is 8.19. The van der Waals surface area contributed by atoms with Crippen LogP contribution in [0.15, 0.2) is 36.4 Å². The summed E-state index contributed by atoms with van der Waals surface area (Å²) in [6.45, 7) is 0. The van der Waals surface area contributed by atoms with Crippen LogP contribution in [0.25, 0.3) is 0 Å². The number of benzene rings is 2. The number of carbonyl (C=O) groups excluding carboxylic acids is 2. The highest BCUT2D eigenvalue weighted by molar-refractivity contribution is 6.30. The first kappa shape index (κ1) is 17.3. The topological polar surface area (TPSA) is 67.4 Å². The smallest absolute Gasteiger partial charge is 0.273 e. The second-order valence-corrected chi connectivity index (χ2v) is 6.38. The van der Waals surface area contributed by atoms with E-state index in [1.54, 1.807) is 24.3 Å². The molecule has 130 valence electrons. The van der Waals surface area contributed by atoms with Crippen molar-refractivity contribution in [1.29, 1.82) is 0 Å². The van der Waals surface area contributed by atoms with Gasteiger partial charge in [-0.15, -0.1) is 0 Å². The van der Waals surface area contributed by atoms with E-state index in [1.807, 2.05) is 12.1 Å². The summed E-state index contributed by atoms with van der Waals surface area (Å²) in [5.74, 6) is -0.484. The predicted octanol–water partition coefficient (Wildman–Crippen LogP) is 3.30. The van der Waals surface area contributed by atoms with Gasteiger partial charge in [-0.25, -0.2) is 0 Å². The number of hydrogen-bond acceptors (Lipinski definition) is 3. The largest absolute Gasteiger partial charge is 0.496 e. The number of carbonyl (C=O) groups is 2. The molecule has 0 heterocycles. The van der Waals surface area contributed by atoms with Crippen LogP contribution in [0.5, 0.6) is 5.75 Å². The van der Waals surface area contributed by atoms with Gasteiger partial charge in [0.05, 0.1) is 12.7 Å². The van der Waals surface area contributed by atoms with Crippen molar-refractivity contribution in [1.82, 2.24) is 10.9 Å². The van der Waals surface area contributed by atoms with E-state index in [1.165, 1.54) is 24.7 Å². The second-order valence-electron chi connectivity index (χ2n) is 5.94. The molecule has 1 aliphatic rings. The third kappa shape index (κ3) is 3.94. The van der Waals surface area contributed by atoms with Crippen molar-refractivity contribution in [3.05, 3.63) is 63.7 Å². The number of fused-ring (bicyclic) bond motifs is 1. The Balaban J connectivity index is 1.67. The van der Waals surface area contributed by atoms with Gasteiger partial charge >= 0.3 is 0 Å². The van der Waals surface area contributed by atoms with Gasteiger partial charge in [0, 0.05) is 10.6 Å². The summed E-state index contributed by atoms with van der Waals surface area (Å²) in [6.07, 6.45) is 4.39. The van der Waals surface area contributed by atoms with Crippen LogP contribution in [0.2, 0.25) is 5.02 Å². The van der Waals surface area contributed by atoms with E-state index < -0.39 is 5.91 Å². The van der Waals surface area contributed by atoms with Gasteiger partial charge in [0.15, 0.2) is 0 Å². The molecule has 1 aliphatic carbocycles. The van der Waals surface area contributed by atoms with Gasteiger partial charge < -0.3 is 4.74 Å². The molecule has 0 atom stereocenters. The Kier molecular flexibility index (Phi) is 5.24. The number of halogens is 1. The van der Waals surface area contributed by atoms with Crippen molar-refractivity contribution in [3.8, 4) is 5.75 Å². The van der Waals surface area contributed by atoms with Gasteiger partial charge in [-0.05, 0) is 67.1 Å². The summed E-state index contributed by atoms with van der Waals surface area (Å²) in [5, 5.41) is 0.464. The third-order valence-electron chi connectivity index (χ3n) is 4.31. The molecule has 0 radical (unpaired) electrons. The lowest BCUT2D eigenvalue weighted by Crippen LogP contribution is -2.41. The minimum atomic E-state index is -0.472. The fourth-order valence-electron chi connectivity index (χ4n) is 2.98. The number of hydrogen-bond donors (Lipinski definition) is 2. The zero-order chi connectivity index (χ0) is 17.8. The van der Waals surface area contributed by atoms with E-state index in [-0.39, 0.29) is 11.5 Å². The fraction of sp³-hybridized carbons (Fsp3) is 0.263. The molecular formula is C19H19ClN2O3. The zero-order valence-electron chi connectivity index (χ0n) is 13.9. The minimum Gasteiger partial charge on any atom is -0.496 e.